The van der Waals surface area contributed by atoms with Crippen molar-refractivity contribution in [3.8, 4) is 17.1 Å². The monoisotopic (exact) mass is 1310 g/mol. The molecule has 26 heteroatoms. The molecule has 0 fully saturated rings. The van der Waals surface area contributed by atoms with Crippen LogP contribution in [0.3, 0.4) is 0 Å². The number of carbonyl (C=O) groups excluding carboxylic acids is 3. The minimum atomic E-state index is -4.48. The molecule has 3 amide bonds. The average molecular weight is 1310 g/mol. The summed E-state index contributed by atoms with van der Waals surface area (Å²) in [6.07, 6.45) is -8.97. The normalized spacial score (nSPS) is 11.6. The number of amides is 3. The second kappa shape index (κ2) is 26.9. The second-order valence-electron chi connectivity index (χ2n) is 20.7. The molecule has 3 N–H and O–H groups in total. The fourth-order valence-corrected chi connectivity index (χ4v) is 10.0. The van der Waals surface area contributed by atoms with Crippen molar-refractivity contribution in [1.29, 1.82) is 0 Å². The van der Waals surface area contributed by atoms with Gasteiger partial charge in [-0.15, -0.1) is 0 Å². The van der Waals surface area contributed by atoms with Crippen LogP contribution in [0.25, 0.3) is 49.8 Å². The van der Waals surface area contributed by atoms with Gasteiger partial charge in [-0.25, -0.2) is 31.6 Å². The molecule has 9 aromatic carbocycles. The van der Waals surface area contributed by atoms with Gasteiger partial charge in [-0.3, -0.25) is 14.4 Å². The standard InChI is InChI=1S/C23H17F4N3O.C22H14ClF4N3O.C22H14F5N3O/c1-14-10-17(24)8-9-20(14)30-21-7-3-6-18(19(21)13-29-30)22(31)28-12-15-4-2-5-16(11-15)23(25,26)27;23-18-10-15(7-8-19(18)24)30-20-6-2-5-16(17(20)12-29-30)21(31)28-11-13-3-1-4-14(9-13)22(25,26)27;23-15-7-8-20(18(24)10-15)30-19-6-2-5-16(17(19)12-29-30)21(31)28-11-13-3-1-4-14(9-13)22(25,26)27/h2-11,13H,12H2,1H3,(H,28,31);2*1-10,12H,11H2,(H,28,31). The van der Waals surface area contributed by atoms with E-state index in [1.807, 2.05) is 0 Å². The lowest BCUT2D eigenvalue weighted by Gasteiger charge is -2.10. The molecule has 0 saturated carbocycles. The number of rotatable bonds is 12. The maximum atomic E-state index is 14.2. The zero-order valence-corrected chi connectivity index (χ0v) is 48.6. The van der Waals surface area contributed by atoms with Gasteiger partial charge in [0.2, 0.25) is 0 Å². The van der Waals surface area contributed by atoms with Crippen LogP contribution in [0.1, 0.15) is 70.0 Å². The van der Waals surface area contributed by atoms with Crippen molar-refractivity contribution in [1.82, 2.24) is 45.3 Å². The van der Waals surface area contributed by atoms with Gasteiger partial charge in [0, 0.05) is 41.9 Å². The summed E-state index contributed by atoms with van der Waals surface area (Å²) < 4.78 is 174. The predicted octanol–water partition coefficient (Wildman–Crippen LogP) is 16.4. The summed E-state index contributed by atoms with van der Waals surface area (Å²) in [5.74, 6) is -3.87. The molecule has 0 aliphatic heterocycles. The van der Waals surface area contributed by atoms with Crippen LogP contribution in [-0.2, 0) is 38.2 Å². The Balaban J connectivity index is 0.000000153. The molecule has 93 heavy (non-hydrogen) atoms. The van der Waals surface area contributed by atoms with E-state index in [2.05, 4.69) is 31.2 Å². The number of nitrogens with one attached hydrogen (secondary N) is 3. The van der Waals surface area contributed by atoms with E-state index in [0.29, 0.717) is 77.5 Å². The van der Waals surface area contributed by atoms with Crippen molar-refractivity contribution in [2.45, 2.75) is 45.1 Å². The highest BCUT2D eigenvalue weighted by molar-refractivity contribution is 6.31. The summed E-state index contributed by atoms with van der Waals surface area (Å²) in [6, 6.07) is 40.6. The van der Waals surface area contributed by atoms with Crippen LogP contribution in [0.2, 0.25) is 5.02 Å². The van der Waals surface area contributed by atoms with Crippen LogP contribution >= 0.6 is 11.6 Å². The SMILES string of the molecule is Cc1cc(F)ccc1-n1ncc2c(C(=O)NCc3cccc(C(F)(F)F)c3)cccc21.O=C(NCc1cccc(C(F)(F)F)c1)c1cccc2c1cnn2-c1ccc(F)c(Cl)c1.O=C(NCc1cccc(C(F)(F)F)c1)c1cccc2c1cnn2-c1ccc(F)cc1F. The van der Waals surface area contributed by atoms with Crippen molar-refractivity contribution < 1.29 is 71.5 Å². The molecule has 3 heterocycles. The summed E-state index contributed by atoms with van der Waals surface area (Å²) in [5, 5.41) is 22.1. The van der Waals surface area contributed by atoms with E-state index in [4.69, 9.17) is 11.6 Å². The number of hydrogen-bond acceptors (Lipinski definition) is 6. The quantitative estimate of drug-likeness (QED) is 0.104. The van der Waals surface area contributed by atoms with Crippen LogP contribution in [0.15, 0.2) is 201 Å². The van der Waals surface area contributed by atoms with E-state index in [9.17, 15) is 71.5 Å². The molecule has 0 unspecified atom stereocenters. The second-order valence-corrected chi connectivity index (χ2v) is 21.1. The fourth-order valence-electron chi connectivity index (χ4n) is 9.87. The Morgan fingerprint density at radius 1 is 0.409 bits per heavy atom. The number of halogens is 14. The molecule has 0 spiro atoms. The number of fused-ring (bicyclic) bond motifs is 3. The molecule has 12 rings (SSSR count). The first-order chi connectivity index (χ1) is 44.2. The Kier molecular flexibility index (Phi) is 18.9. The molecule has 12 nitrogen and oxygen atoms in total. The predicted molar refractivity (Wildman–Crippen MR) is 321 cm³/mol. The molecule has 12 aromatic rings. The molecule has 3 aromatic heterocycles. The largest absolute Gasteiger partial charge is 0.416 e. The third-order valence-electron chi connectivity index (χ3n) is 14.4. The Bertz CT molecular complexity index is 4590. The third-order valence-corrected chi connectivity index (χ3v) is 14.7. The van der Waals surface area contributed by atoms with Gasteiger partial charge in [0.25, 0.3) is 17.7 Å². The van der Waals surface area contributed by atoms with E-state index in [1.165, 1.54) is 107 Å². The van der Waals surface area contributed by atoms with Gasteiger partial charge in [0.15, 0.2) is 5.82 Å². The number of carbonyl (C=O) groups is 3. The number of hydrogen-bond donors (Lipinski definition) is 3. The van der Waals surface area contributed by atoms with Gasteiger partial charge in [0.05, 0.1) is 84.9 Å². The fraction of sp³-hybridized carbons (Fsp3) is 0.104. The summed E-state index contributed by atoms with van der Waals surface area (Å²) in [4.78, 5) is 38.1. The molecular formula is C67H45ClF13N9O3. The Morgan fingerprint density at radius 3 is 1.16 bits per heavy atom. The van der Waals surface area contributed by atoms with E-state index in [1.54, 1.807) is 66.2 Å². The number of aryl methyl sites for hydroxylation is 1. The molecule has 0 saturated heterocycles. The van der Waals surface area contributed by atoms with Crippen molar-refractivity contribution in [3.05, 3.63) is 285 Å². The van der Waals surface area contributed by atoms with Crippen LogP contribution < -0.4 is 16.0 Å². The van der Waals surface area contributed by atoms with E-state index < -0.39 is 70.4 Å². The van der Waals surface area contributed by atoms with Gasteiger partial charge < -0.3 is 16.0 Å². The molecule has 0 aliphatic carbocycles. The molecule has 474 valence electrons. The van der Waals surface area contributed by atoms with Crippen molar-refractivity contribution >= 4 is 62.0 Å². The van der Waals surface area contributed by atoms with Gasteiger partial charge in [-0.2, -0.15) is 54.8 Å². The van der Waals surface area contributed by atoms with E-state index >= 15 is 0 Å². The number of aromatic nitrogens is 6. The maximum absolute atomic E-state index is 14.2. The van der Waals surface area contributed by atoms with Crippen molar-refractivity contribution in [3.63, 3.8) is 0 Å². The van der Waals surface area contributed by atoms with Gasteiger partial charge in [0.1, 0.15) is 23.1 Å². The van der Waals surface area contributed by atoms with Gasteiger partial charge in [-0.05, 0) is 151 Å². The third kappa shape index (κ3) is 15.0. The Hall–Kier alpha value is -10.8. The minimum absolute atomic E-state index is 0.0120. The highest BCUT2D eigenvalue weighted by Crippen LogP contribution is 2.33. The summed E-state index contributed by atoms with van der Waals surface area (Å²) in [5.41, 5.74) is 3.04. The first-order valence-corrected chi connectivity index (χ1v) is 28.0. The first kappa shape index (κ1) is 65.1. The molecule has 0 aliphatic rings. The van der Waals surface area contributed by atoms with Crippen molar-refractivity contribution in [2.24, 2.45) is 0 Å². The molecule has 0 radical (unpaired) electrons. The number of nitrogens with zero attached hydrogens (tertiary/aromatic N) is 6. The topological polar surface area (TPSA) is 141 Å². The highest BCUT2D eigenvalue weighted by Gasteiger charge is 2.32. The molecular weight excluding hydrogens is 1260 g/mol. The van der Waals surface area contributed by atoms with Crippen LogP contribution in [0.5, 0.6) is 0 Å². The Labute approximate surface area is 523 Å². The molecule has 0 atom stereocenters. The average Bonchev–Trinajstić information content (AvgIpc) is 1.68. The minimum Gasteiger partial charge on any atom is -0.348 e. The first-order valence-electron chi connectivity index (χ1n) is 27.6. The lowest BCUT2D eigenvalue weighted by atomic mass is 10.1. The van der Waals surface area contributed by atoms with E-state index in [0.717, 1.165) is 48.5 Å². The van der Waals surface area contributed by atoms with Crippen LogP contribution in [-0.4, -0.2) is 47.1 Å². The summed E-state index contributed by atoms with van der Waals surface area (Å²) in [6.45, 7) is 1.53. The maximum Gasteiger partial charge on any atom is 0.416 e. The lowest BCUT2D eigenvalue weighted by Crippen LogP contribution is -2.23. The zero-order valence-electron chi connectivity index (χ0n) is 47.9. The zero-order chi connectivity index (χ0) is 66.5. The van der Waals surface area contributed by atoms with Gasteiger partial charge >= 0.3 is 18.5 Å². The van der Waals surface area contributed by atoms with Crippen LogP contribution in [0, 0.1) is 30.2 Å². The van der Waals surface area contributed by atoms with Gasteiger partial charge in [-0.1, -0.05) is 66.2 Å². The molecule has 0 bridgehead atoms. The summed E-state index contributed by atoms with van der Waals surface area (Å²) >= 11 is 5.85. The lowest BCUT2D eigenvalue weighted by molar-refractivity contribution is -0.138. The number of benzene rings is 9. The Morgan fingerprint density at radius 2 is 0.774 bits per heavy atom. The van der Waals surface area contributed by atoms with Crippen LogP contribution in [0.4, 0.5) is 57.1 Å². The smallest absolute Gasteiger partial charge is 0.348 e. The summed E-state index contributed by atoms with van der Waals surface area (Å²) in [7, 11) is 0. The van der Waals surface area contributed by atoms with E-state index in [-0.39, 0.29) is 41.7 Å². The number of alkyl halides is 9. The highest BCUT2D eigenvalue weighted by atomic mass is 35.5. The van der Waals surface area contributed by atoms with Crippen molar-refractivity contribution in [2.75, 3.05) is 0 Å².